The molecule has 0 nitrogen and oxygen atoms in total. The van der Waals surface area contributed by atoms with E-state index in [-0.39, 0.29) is 0 Å². The fraction of sp³-hybridized carbons (Fsp3) is 1.00. The molecule has 3 rings (SSSR count). The molecule has 0 saturated heterocycles. The summed E-state index contributed by atoms with van der Waals surface area (Å²) in [6, 6.07) is 0. The molecule has 0 amide bonds. The third-order valence-electron chi connectivity index (χ3n) is 5.92. The lowest BCUT2D eigenvalue weighted by Crippen LogP contribution is -2.51. The van der Waals surface area contributed by atoms with Crippen molar-refractivity contribution in [3.63, 3.8) is 0 Å². The summed E-state index contributed by atoms with van der Waals surface area (Å²) in [6.07, 6.45) is 4.59. The zero-order valence-electron chi connectivity index (χ0n) is 9.43. The van der Waals surface area contributed by atoms with Gasteiger partial charge in [-0.05, 0) is 53.8 Å². The van der Waals surface area contributed by atoms with Crippen LogP contribution in [0.3, 0.4) is 0 Å². The van der Waals surface area contributed by atoms with Gasteiger partial charge in [0, 0.05) is 0 Å². The fourth-order valence-corrected chi connectivity index (χ4v) is 5.19. The molecule has 74 valence electrons. The topological polar surface area (TPSA) is 0 Å². The van der Waals surface area contributed by atoms with E-state index in [1.165, 1.54) is 12.8 Å². The van der Waals surface area contributed by atoms with Gasteiger partial charge in [0.15, 0.2) is 0 Å². The van der Waals surface area contributed by atoms with Gasteiger partial charge in [-0.25, -0.2) is 0 Å². The summed E-state index contributed by atoms with van der Waals surface area (Å²) in [4.78, 5) is 0. The molecule has 0 aliphatic heterocycles. The average Bonchev–Trinajstić information content (AvgIpc) is 2.35. The lowest BCUT2D eigenvalue weighted by Gasteiger charge is -2.58. The van der Waals surface area contributed by atoms with Crippen molar-refractivity contribution in [1.82, 2.24) is 0 Å². The Bertz CT molecular complexity index is 253. The van der Waals surface area contributed by atoms with Crippen LogP contribution >= 0.6 is 0 Å². The molecule has 3 saturated carbocycles. The Morgan fingerprint density at radius 3 is 2.31 bits per heavy atom. The zero-order valence-corrected chi connectivity index (χ0v) is 9.43. The Labute approximate surface area is 82.1 Å². The Balaban J connectivity index is 1.95. The molecule has 0 aromatic carbocycles. The van der Waals surface area contributed by atoms with Crippen LogP contribution < -0.4 is 0 Å². The van der Waals surface area contributed by atoms with E-state index < -0.39 is 0 Å². The van der Waals surface area contributed by atoms with Gasteiger partial charge in [0.1, 0.15) is 0 Å². The molecule has 3 aliphatic carbocycles. The van der Waals surface area contributed by atoms with Crippen molar-refractivity contribution in [3.05, 3.63) is 0 Å². The van der Waals surface area contributed by atoms with Crippen LogP contribution in [-0.2, 0) is 0 Å². The van der Waals surface area contributed by atoms with E-state index >= 15 is 0 Å². The molecule has 0 radical (unpaired) electrons. The quantitative estimate of drug-likeness (QED) is 0.530. The third-order valence-corrected chi connectivity index (χ3v) is 5.92. The number of hydrogen-bond acceptors (Lipinski definition) is 0. The maximum Gasteiger partial charge on any atom is -0.0266 e. The van der Waals surface area contributed by atoms with Crippen LogP contribution in [0.1, 0.15) is 47.0 Å². The lowest BCUT2D eigenvalue weighted by atomic mass is 9.47. The van der Waals surface area contributed by atoms with Crippen molar-refractivity contribution in [2.75, 3.05) is 0 Å². The van der Waals surface area contributed by atoms with Gasteiger partial charge in [0.05, 0.1) is 0 Å². The second kappa shape index (κ2) is 1.99. The lowest BCUT2D eigenvalue weighted by molar-refractivity contribution is -0.0962. The van der Waals surface area contributed by atoms with Gasteiger partial charge in [-0.1, -0.05) is 27.7 Å². The summed E-state index contributed by atoms with van der Waals surface area (Å²) in [5.41, 5.74) is 1.43. The third kappa shape index (κ3) is 0.750. The van der Waals surface area contributed by atoms with Crippen molar-refractivity contribution < 1.29 is 0 Å². The van der Waals surface area contributed by atoms with Gasteiger partial charge in [-0.15, -0.1) is 0 Å². The molecule has 4 unspecified atom stereocenters. The Morgan fingerprint density at radius 1 is 1.08 bits per heavy atom. The van der Waals surface area contributed by atoms with E-state index in [1.54, 1.807) is 6.42 Å². The SMILES string of the molecule is CC1CC2CC1(C)C1CC(C)(C)[C@H]21. The molecule has 13 heavy (non-hydrogen) atoms. The van der Waals surface area contributed by atoms with Gasteiger partial charge in [-0.2, -0.15) is 0 Å². The van der Waals surface area contributed by atoms with Crippen molar-refractivity contribution in [2.45, 2.75) is 47.0 Å². The van der Waals surface area contributed by atoms with E-state index in [1.807, 2.05) is 0 Å². The smallest absolute Gasteiger partial charge is 0.0266 e. The molecule has 3 fully saturated rings. The summed E-state index contributed by atoms with van der Waals surface area (Å²) in [6.45, 7) is 10.0. The Hall–Kier alpha value is 0. The molecule has 0 aromatic heterocycles. The van der Waals surface area contributed by atoms with E-state index in [0.717, 1.165) is 29.1 Å². The Morgan fingerprint density at radius 2 is 1.77 bits per heavy atom. The van der Waals surface area contributed by atoms with Gasteiger partial charge in [0.25, 0.3) is 0 Å². The van der Waals surface area contributed by atoms with Crippen LogP contribution in [0.15, 0.2) is 0 Å². The average molecular weight is 178 g/mol. The number of rotatable bonds is 0. The predicted octanol–water partition coefficient (Wildman–Crippen LogP) is 3.71. The molecule has 3 aliphatic rings. The van der Waals surface area contributed by atoms with Crippen molar-refractivity contribution in [3.8, 4) is 0 Å². The highest BCUT2D eigenvalue weighted by Gasteiger charge is 2.67. The van der Waals surface area contributed by atoms with E-state index in [9.17, 15) is 0 Å². The monoisotopic (exact) mass is 178 g/mol. The molecule has 0 N–H and O–H groups in total. The minimum absolute atomic E-state index is 0.688. The summed E-state index contributed by atoms with van der Waals surface area (Å²) < 4.78 is 0. The first-order chi connectivity index (χ1) is 5.95. The van der Waals surface area contributed by atoms with Crippen molar-refractivity contribution >= 4 is 0 Å². The molecule has 0 aromatic rings. The first-order valence-electron chi connectivity index (χ1n) is 5.95. The highest BCUT2D eigenvalue weighted by atomic mass is 14.7. The molecular formula is C13H22. The van der Waals surface area contributed by atoms with Crippen LogP contribution in [0.2, 0.25) is 0 Å². The highest BCUT2D eigenvalue weighted by Crippen LogP contribution is 2.74. The molecule has 5 atom stereocenters. The van der Waals surface area contributed by atoms with Gasteiger partial charge in [-0.3, -0.25) is 0 Å². The van der Waals surface area contributed by atoms with Crippen LogP contribution in [0, 0.1) is 34.5 Å². The van der Waals surface area contributed by atoms with Crippen LogP contribution in [-0.4, -0.2) is 0 Å². The molecule has 0 spiro atoms. The molecular weight excluding hydrogens is 156 g/mol. The first kappa shape index (κ1) is 8.32. The predicted molar refractivity (Wildman–Crippen MR) is 55.4 cm³/mol. The van der Waals surface area contributed by atoms with Crippen LogP contribution in [0.5, 0.6) is 0 Å². The summed E-state index contributed by atoms with van der Waals surface area (Å²) >= 11 is 0. The van der Waals surface area contributed by atoms with Crippen molar-refractivity contribution in [1.29, 1.82) is 0 Å². The number of fused-ring (bicyclic) bond motifs is 5. The number of hydrogen-bond donors (Lipinski definition) is 0. The molecule has 0 heteroatoms. The summed E-state index contributed by atoms with van der Waals surface area (Å²) in [5.74, 6) is 4.29. The maximum absolute atomic E-state index is 2.57. The summed E-state index contributed by atoms with van der Waals surface area (Å²) in [5, 5.41) is 0. The largest absolute Gasteiger partial charge is 0.0620 e. The van der Waals surface area contributed by atoms with E-state index in [2.05, 4.69) is 27.7 Å². The summed E-state index contributed by atoms with van der Waals surface area (Å²) in [7, 11) is 0. The second-order valence-corrected chi connectivity index (χ2v) is 6.93. The highest BCUT2D eigenvalue weighted by molar-refractivity contribution is 5.16. The van der Waals surface area contributed by atoms with Crippen LogP contribution in [0.4, 0.5) is 0 Å². The molecule has 2 bridgehead atoms. The minimum Gasteiger partial charge on any atom is -0.0620 e. The van der Waals surface area contributed by atoms with Crippen molar-refractivity contribution in [2.24, 2.45) is 34.5 Å². The zero-order chi connectivity index (χ0) is 9.43. The normalized spacial score (nSPS) is 61.8. The van der Waals surface area contributed by atoms with E-state index in [4.69, 9.17) is 0 Å². The van der Waals surface area contributed by atoms with Gasteiger partial charge in [0.2, 0.25) is 0 Å². The standard InChI is InChI=1S/C13H22/c1-8-5-9-6-13(8,4)10-7-12(2,3)11(9)10/h8-11H,5-7H2,1-4H3/t8?,9?,10?,11-,13?/m1/s1. The fourth-order valence-electron chi connectivity index (χ4n) is 5.19. The van der Waals surface area contributed by atoms with Gasteiger partial charge < -0.3 is 0 Å². The van der Waals surface area contributed by atoms with Crippen LogP contribution in [0.25, 0.3) is 0 Å². The maximum atomic E-state index is 2.57. The first-order valence-corrected chi connectivity index (χ1v) is 5.95. The second-order valence-electron chi connectivity index (χ2n) is 6.93. The molecule has 0 heterocycles. The van der Waals surface area contributed by atoms with E-state index in [0.29, 0.717) is 5.41 Å². The Kier molecular flexibility index (Phi) is 1.27. The minimum atomic E-state index is 0.688. The van der Waals surface area contributed by atoms with Gasteiger partial charge >= 0.3 is 0 Å².